The van der Waals surface area contributed by atoms with Gasteiger partial charge in [-0.15, -0.1) is 0 Å². The van der Waals surface area contributed by atoms with Crippen LogP contribution in [0.5, 0.6) is 0 Å². The second-order valence-electron chi connectivity index (χ2n) is 9.80. The summed E-state index contributed by atoms with van der Waals surface area (Å²) in [6.45, 7) is 5.33. The number of carbonyl (C=O) groups is 3. The number of nitrogens with zero attached hydrogens (tertiary/aromatic N) is 3. The van der Waals surface area contributed by atoms with Gasteiger partial charge >= 0.3 is 0 Å². The van der Waals surface area contributed by atoms with Crippen molar-refractivity contribution in [1.29, 1.82) is 0 Å². The first-order valence-electron chi connectivity index (χ1n) is 12.1. The fourth-order valence-corrected chi connectivity index (χ4v) is 5.96. The van der Waals surface area contributed by atoms with Crippen molar-refractivity contribution in [2.45, 2.75) is 50.7 Å². The zero-order valence-electron chi connectivity index (χ0n) is 19.4. The number of fused-ring (bicyclic) bond motifs is 1. The molecule has 3 N–H and O–H groups in total. The average molecular weight is 457 g/mol. The lowest BCUT2D eigenvalue weighted by Gasteiger charge is -2.32. The van der Waals surface area contributed by atoms with Crippen molar-refractivity contribution in [3.63, 3.8) is 0 Å². The second-order valence-corrected chi connectivity index (χ2v) is 9.80. The zero-order valence-corrected chi connectivity index (χ0v) is 19.4. The lowest BCUT2D eigenvalue weighted by atomic mass is 9.81. The Balaban J connectivity index is 1.41. The van der Waals surface area contributed by atoms with Crippen LogP contribution in [0.2, 0.25) is 0 Å². The highest BCUT2D eigenvalue weighted by molar-refractivity contribution is 5.78. The molecule has 8 heteroatoms. The van der Waals surface area contributed by atoms with Crippen LogP contribution in [-0.2, 0) is 14.4 Å². The number of aliphatic hydroxyl groups excluding tert-OH is 1. The Morgan fingerprint density at radius 1 is 1.03 bits per heavy atom. The number of amides is 3. The van der Waals surface area contributed by atoms with Crippen LogP contribution in [0, 0.1) is 11.8 Å². The predicted octanol–water partition coefficient (Wildman–Crippen LogP) is 0.798. The maximum absolute atomic E-state index is 13.1. The smallest absolute Gasteiger partial charge is 0.223 e. The van der Waals surface area contributed by atoms with Crippen LogP contribution in [-0.4, -0.2) is 88.9 Å². The summed E-state index contributed by atoms with van der Waals surface area (Å²) < 4.78 is 0. The molecule has 33 heavy (non-hydrogen) atoms. The molecule has 0 aromatic heterocycles. The molecule has 3 amide bonds. The summed E-state index contributed by atoms with van der Waals surface area (Å²) in [4.78, 5) is 42.9. The third-order valence-electron chi connectivity index (χ3n) is 7.87. The highest BCUT2D eigenvalue weighted by Crippen LogP contribution is 2.42. The molecule has 0 spiro atoms. The first kappa shape index (κ1) is 23.7. The molecular formula is C25H36N4O4. The Morgan fingerprint density at radius 3 is 2.36 bits per heavy atom. The summed E-state index contributed by atoms with van der Waals surface area (Å²) in [6, 6.07) is 9.90. The molecule has 3 fully saturated rings. The van der Waals surface area contributed by atoms with Gasteiger partial charge in [0.1, 0.15) is 0 Å². The average Bonchev–Trinajstić information content (AvgIpc) is 3.11. The molecule has 0 saturated carbocycles. The predicted molar refractivity (Wildman–Crippen MR) is 124 cm³/mol. The van der Waals surface area contributed by atoms with E-state index in [1.54, 1.807) is 6.92 Å². The van der Waals surface area contributed by atoms with E-state index in [4.69, 9.17) is 5.73 Å². The SMILES string of the molecule is CC(=O)N1C[C@@H](c2ccccc2)[C@@H]2[C@H](O)CCN(C(=O)CCN3CCC(C(N)=O)CC3)C[C@H]21. The number of nitrogens with two attached hydrogens (primary N) is 1. The van der Waals surface area contributed by atoms with Gasteiger partial charge < -0.3 is 25.5 Å². The number of carbonyl (C=O) groups excluding carboxylic acids is 3. The normalized spacial score (nSPS) is 28.9. The van der Waals surface area contributed by atoms with Crippen molar-refractivity contribution in [3.05, 3.63) is 35.9 Å². The van der Waals surface area contributed by atoms with Crippen LogP contribution in [0.15, 0.2) is 30.3 Å². The molecule has 180 valence electrons. The monoisotopic (exact) mass is 456 g/mol. The van der Waals surface area contributed by atoms with Gasteiger partial charge in [0.05, 0.1) is 12.1 Å². The number of hydrogen-bond acceptors (Lipinski definition) is 5. The van der Waals surface area contributed by atoms with Crippen LogP contribution in [0.4, 0.5) is 0 Å². The third kappa shape index (κ3) is 5.22. The van der Waals surface area contributed by atoms with E-state index < -0.39 is 6.10 Å². The standard InChI is InChI=1S/C25H36N4O4/c1-17(30)29-15-20(18-5-3-2-4-6-18)24-21(29)16-28(14-9-22(24)31)23(32)10-13-27-11-7-19(8-12-27)25(26)33/h2-6,19-22,24,31H,7-16H2,1H3,(H2,26,33)/t20-,21+,22+,24-/m0/s1. The largest absolute Gasteiger partial charge is 0.393 e. The summed E-state index contributed by atoms with van der Waals surface area (Å²) in [5, 5.41) is 11.1. The van der Waals surface area contributed by atoms with E-state index in [2.05, 4.69) is 17.0 Å². The van der Waals surface area contributed by atoms with E-state index >= 15 is 0 Å². The molecule has 4 atom stereocenters. The minimum Gasteiger partial charge on any atom is -0.393 e. The molecule has 3 saturated heterocycles. The van der Waals surface area contributed by atoms with Crippen LogP contribution < -0.4 is 5.73 Å². The maximum Gasteiger partial charge on any atom is 0.223 e. The van der Waals surface area contributed by atoms with Gasteiger partial charge in [-0.25, -0.2) is 0 Å². The Kier molecular flexibility index (Phi) is 7.34. The summed E-state index contributed by atoms with van der Waals surface area (Å²) in [7, 11) is 0. The van der Waals surface area contributed by atoms with Gasteiger partial charge in [0, 0.05) is 57.3 Å². The number of likely N-dealkylation sites (tertiary alicyclic amines) is 3. The Hall–Kier alpha value is -2.45. The number of rotatable bonds is 5. The van der Waals surface area contributed by atoms with Crippen molar-refractivity contribution in [2.24, 2.45) is 17.6 Å². The van der Waals surface area contributed by atoms with Gasteiger partial charge in [-0.05, 0) is 37.9 Å². The van der Waals surface area contributed by atoms with E-state index in [1.807, 2.05) is 28.0 Å². The van der Waals surface area contributed by atoms with Crippen molar-refractivity contribution in [3.8, 4) is 0 Å². The first-order chi connectivity index (χ1) is 15.8. The Morgan fingerprint density at radius 2 is 1.73 bits per heavy atom. The van der Waals surface area contributed by atoms with Gasteiger partial charge in [-0.3, -0.25) is 14.4 Å². The van der Waals surface area contributed by atoms with Crippen molar-refractivity contribution < 1.29 is 19.5 Å². The van der Waals surface area contributed by atoms with Gasteiger partial charge in [0.2, 0.25) is 17.7 Å². The summed E-state index contributed by atoms with van der Waals surface area (Å²) in [5.41, 5.74) is 6.55. The van der Waals surface area contributed by atoms with Gasteiger partial charge in [-0.1, -0.05) is 30.3 Å². The quantitative estimate of drug-likeness (QED) is 0.682. The third-order valence-corrected chi connectivity index (χ3v) is 7.87. The molecule has 0 bridgehead atoms. The molecule has 1 aromatic carbocycles. The van der Waals surface area contributed by atoms with Gasteiger partial charge in [0.25, 0.3) is 0 Å². The second kappa shape index (κ2) is 10.2. The van der Waals surface area contributed by atoms with Crippen molar-refractivity contribution in [2.75, 3.05) is 39.3 Å². The number of piperidine rings is 1. The van der Waals surface area contributed by atoms with Crippen molar-refractivity contribution in [1.82, 2.24) is 14.7 Å². The lowest BCUT2D eigenvalue weighted by molar-refractivity contribution is -0.135. The molecular weight excluding hydrogens is 420 g/mol. The minimum absolute atomic E-state index is 0.0118. The highest BCUT2D eigenvalue weighted by Gasteiger charge is 2.49. The van der Waals surface area contributed by atoms with E-state index in [-0.39, 0.29) is 41.5 Å². The van der Waals surface area contributed by atoms with Gasteiger partial charge in [0.15, 0.2) is 0 Å². The fourth-order valence-electron chi connectivity index (χ4n) is 5.96. The maximum atomic E-state index is 13.1. The topological polar surface area (TPSA) is 107 Å². The number of hydrogen-bond donors (Lipinski definition) is 2. The van der Waals surface area contributed by atoms with Crippen LogP contribution in [0.3, 0.4) is 0 Å². The zero-order chi connectivity index (χ0) is 23.5. The molecule has 8 nitrogen and oxygen atoms in total. The molecule has 0 radical (unpaired) electrons. The van der Waals surface area contributed by atoms with E-state index in [0.717, 1.165) is 31.5 Å². The molecule has 3 aliphatic heterocycles. The molecule has 4 rings (SSSR count). The summed E-state index contributed by atoms with van der Waals surface area (Å²) >= 11 is 0. The molecule has 0 unspecified atom stereocenters. The van der Waals surface area contributed by atoms with Crippen molar-refractivity contribution >= 4 is 17.7 Å². The molecule has 3 heterocycles. The Labute approximate surface area is 195 Å². The summed E-state index contributed by atoms with van der Waals surface area (Å²) in [6.07, 6.45) is 1.85. The van der Waals surface area contributed by atoms with Crippen LogP contribution in [0.1, 0.15) is 44.1 Å². The number of aliphatic hydroxyl groups is 1. The minimum atomic E-state index is -0.560. The fraction of sp³-hybridized carbons (Fsp3) is 0.640. The van der Waals surface area contributed by atoms with E-state index in [1.165, 1.54) is 0 Å². The first-order valence-corrected chi connectivity index (χ1v) is 12.1. The van der Waals surface area contributed by atoms with E-state index in [9.17, 15) is 19.5 Å². The lowest BCUT2D eigenvalue weighted by Crippen LogP contribution is -2.47. The highest BCUT2D eigenvalue weighted by atomic mass is 16.3. The summed E-state index contributed by atoms with van der Waals surface area (Å²) in [5.74, 6) is -0.255. The molecule has 1 aromatic rings. The molecule has 0 aliphatic carbocycles. The Bertz CT molecular complexity index is 855. The number of primary amides is 1. The van der Waals surface area contributed by atoms with E-state index in [0.29, 0.717) is 39.0 Å². The number of benzene rings is 1. The van der Waals surface area contributed by atoms with Crippen LogP contribution >= 0.6 is 0 Å². The van der Waals surface area contributed by atoms with Crippen LogP contribution in [0.25, 0.3) is 0 Å². The molecule has 3 aliphatic rings. The van der Waals surface area contributed by atoms with Gasteiger partial charge in [-0.2, -0.15) is 0 Å².